The van der Waals surface area contributed by atoms with E-state index in [9.17, 15) is 9.59 Å². The average molecular weight is 462 g/mol. The number of amides is 2. The maximum absolute atomic E-state index is 12.3. The molecule has 0 aliphatic carbocycles. The second kappa shape index (κ2) is 10.7. The van der Waals surface area contributed by atoms with Crippen LogP contribution >= 0.6 is 0 Å². The number of furan rings is 2. The lowest BCUT2D eigenvalue weighted by atomic mass is 10.1. The van der Waals surface area contributed by atoms with Crippen molar-refractivity contribution in [1.29, 1.82) is 0 Å². The lowest BCUT2D eigenvalue weighted by molar-refractivity contribution is 0.0813. The molecule has 2 aromatic carbocycles. The number of carbonyl (C=O) groups is 2. The van der Waals surface area contributed by atoms with E-state index in [0.717, 1.165) is 23.9 Å². The van der Waals surface area contributed by atoms with Gasteiger partial charge in [0.05, 0.1) is 6.54 Å². The van der Waals surface area contributed by atoms with Crippen molar-refractivity contribution < 1.29 is 23.2 Å². The molecule has 8 heteroatoms. The monoisotopic (exact) mass is 461 g/mol. The third kappa shape index (κ3) is 5.65. The van der Waals surface area contributed by atoms with Gasteiger partial charge >= 0.3 is 11.8 Å². The number of rotatable bonds is 9. The molecule has 2 heterocycles. The fraction of sp³-hybridized carbons (Fsp3) is 0.231. The highest BCUT2D eigenvalue weighted by atomic mass is 16.5. The van der Waals surface area contributed by atoms with Crippen LogP contribution in [0.2, 0.25) is 0 Å². The lowest BCUT2D eigenvalue weighted by Gasteiger charge is -2.15. The van der Waals surface area contributed by atoms with Gasteiger partial charge in [0.15, 0.2) is 11.5 Å². The molecule has 4 rings (SSSR count). The molecule has 34 heavy (non-hydrogen) atoms. The summed E-state index contributed by atoms with van der Waals surface area (Å²) in [6, 6.07) is 20.3. The van der Waals surface area contributed by atoms with Crippen molar-refractivity contribution in [3.63, 3.8) is 0 Å². The lowest BCUT2D eigenvalue weighted by Crippen LogP contribution is -2.41. The number of hydrazine groups is 1. The van der Waals surface area contributed by atoms with Gasteiger partial charge in [0, 0.05) is 0 Å². The Bertz CT molecular complexity index is 1270. The summed E-state index contributed by atoms with van der Waals surface area (Å²) in [4.78, 5) is 26.8. The summed E-state index contributed by atoms with van der Waals surface area (Å²) in [5, 5.41) is 2.20. The maximum atomic E-state index is 12.3. The van der Waals surface area contributed by atoms with Crippen LogP contribution in [0.3, 0.4) is 0 Å². The third-order valence-electron chi connectivity index (χ3n) is 5.44. The van der Waals surface area contributed by atoms with Crippen molar-refractivity contribution in [1.82, 2.24) is 15.8 Å². The van der Waals surface area contributed by atoms with Crippen LogP contribution in [0, 0.1) is 0 Å². The normalized spacial score (nSPS) is 11.0. The molecule has 2 N–H and O–H groups in total. The molecule has 0 saturated heterocycles. The zero-order valence-corrected chi connectivity index (χ0v) is 19.2. The van der Waals surface area contributed by atoms with E-state index >= 15 is 0 Å². The summed E-state index contributed by atoms with van der Waals surface area (Å²) >= 11 is 0. The van der Waals surface area contributed by atoms with E-state index in [1.54, 1.807) is 18.2 Å². The molecule has 2 amide bonds. The minimum Gasteiger partial charge on any atom is -0.486 e. The predicted molar refractivity (Wildman–Crippen MR) is 127 cm³/mol. The Balaban J connectivity index is 1.27. The Morgan fingerprint density at radius 2 is 1.41 bits per heavy atom. The fourth-order valence-corrected chi connectivity index (χ4v) is 3.48. The van der Waals surface area contributed by atoms with Crippen molar-refractivity contribution in [2.45, 2.75) is 27.0 Å². The van der Waals surface area contributed by atoms with E-state index in [0.29, 0.717) is 23.8 Å². The topological polar surface area (TPSA) is 97.0 Å². The summed E-state index contributed by atoms with van der Waals surface area (Å²) in [7, 11) is 0. The quantitative estimate of drug-likeness (QED) is 0.356. The summed E-state index contributed by atoms with van der Waals surface area (Å²) in [5.41, 5.74) is 4.67. The number of benzene rings is 2. The molecular formula is C26H27N3O5. The van der Waals surface area contributed by atoms with Crippen molar-refractivity contribution >= 4 is 22.6 Å². The first-order valence-electron chi connectivity index (χ1n) is 11.2. The fourth-order valence-electron chi connectivity index (χ4n) is 3.48. The largest absolute Gasteiger partial charge is 0.486 e. The van der Waals surface area contributed by atoms with Crippen molar-refractivity contribution in [3.8, 4) is 5.75 Å². The van der Waals surface area contributed by atoms with Gasteiger partial charge in [0.1, 0.15) is 23.9 Å². The summed E-state index contributed by atoms with van der Waals surface area (Å²) in [6.07, 6.45) is 0. The number of nitrogens with zero attached hydrogens (tertiary/aromatic N) is 1. The number of carbonyl (C=O) groups excluding carboxylic acids is 2. The summed E-state index contributed by atoms with van der Waals surface area (Å²) in [5.74, 6) is 0.905. The van der Waals surface area contributed by atoms with Crippen LogP contribution in [0.4, 0.5) is 0 Å². The first kappa shape index (κ1) is 23.1. The predicted octanol–water partition coefficient (Wildman–Crippen LogP) is 4.52. The van der Waals surface area contributed by atoms with Crippen LogP contribution < -0.4 is 15.6 Å². The van der Waals surface area contributed by atoms with E-state index < -0.39 is 11.8 Å². The summed E-state index contributed by atoms with van der Waals surface area (Å²) < 4.78 is 16.9. The molecule has 0 saturated carbocycles. The molecule has 0 unspecified atom stereocenters. The number of hydrogen-bond donors (Lipinski definition) is 2. The van der Waals surface area contributed by atoms with Gasteiger partial charge < -0.3 is 13.6 Å². The third-order valence-corrected chi connectivity index (χ3v) is 5.44. The van der Waals surface area contributed by atoms with Gasteiger partial charge in [-0.25, -0.2) is 0 Å². The second-order valence-electron chi connectivity index (χ2n) is 7.70. The van der Waals surface area contributed by atoms with Crippen LogP contribution in [0.1, 0.15) is 46.5 Å². The van der Waals surface area contributed by atoms with Gasteiger partial charge in [-0.2, -0.15) is 0 Å². The maximum Gasteiger partial charge on any atom is 0.305 e. The molecule has 0 aliphatic heterocycles. The first-order valence-corrected chi connectivity index (χ1v) is 11.2. The van der Waals surface area contributed by atoms with Crippen LogP contribution in [0.5, 0.6) is 5.75 Å². The van der Waals surface area contributed by atoms with Crippen molar-refractivity contribution in [3.05, 3.63) is 89.8 Å². The zero-order valence-electron chi connectivity index (χ0n) is 19.2. The zero-order chi connectivity index (χ0) is 23.9. The Kier molecular flexibility index (Phi) is 7.29. The van der Waals surface area contributed by atoms with Crippen molar-refractivity contribution in [2.75, 3.05) is 13.1 Å². The standard InChI is InChI=1S/C26H27N3O5/c1-3-29(4-2)16-21-11-13-23(33-21)25(30)27-28-26(31)24-14-12-22(34-24)17-32-20-10-9-18-7-5-6-8-19(18)15-20/h5-15H,3-4,16-17H2,1-2H3,(H,27,30)(H,28,31). The number of ether oxygens (including phenoxy) is 1. The number of fused-ring (bicyclic) bond motifs is 1. The highest BCUT2D eigenvalue weighted by molar-refractivity contribution is 5.96. The molecule has 4 aromatic rings. The molecule has 2 aromatic heterocycles. The smallest absolute Gasteiger partial charge is 0.305 e. The molecule has 0 spiro atoms. The SMILES string of the molecule is CCN(CC)Cc1ccc(C(=O)NNC(=O)c2ccc(COc3ccc4ccccc4c3)o2)o1. The van der Waals surface area contributed by atoms with Gasteiger partial charge in [0.2, 0.25) is 0 Å². The minimum absolute atomic E-state index is 0.0547. The van der Waals surface area contributed by atoms with Crippen LogP contribution in [-0.4, -0.2) is 29.8 Å². The Hall–Kier alpha value is -4.04. The Morgan fingerprint density at radius 1 is 0.794 bits per heavy atom. The molecule has 0 aliphatic rings. The van der Waals surface area contributed by atoms with Crippen LogP contribution in [-0.2, 0) is 13.2 Å². The first-order chi connectivity index (χ1) is 16.6. The van der Waals surface area contributed by atoms with E-state index in [1.165, 1.54) is 6.07 Å². The van der Waals surface area contributed by atoms with Gasteiger partial charge in [-0.05, 0) is 60.3 Å². The van der Waals surface area contributed by atoms with Gasteiger partial charge in [-0.15, -0.1) is 0 Å². The molecule has 0 atom stereocenters. The number of nitrogens with one attached hydrogen (secondary N) is 2. The van der Waals surface area contributed by atoms with E-state index in [4.69, 9.17) is 13.6 Å². The van der Waals surface area contributed by atoms with Gasteiger partial charge in [-0.1, -0.05) is 44.2 Å². The molecule has 0 radical (unpaired) electrons. The highest BCUT2D eigenvalue weighted by Crippen LogP contribution is 2.21. The van der Waals surface area contributed by atoms with Crippen LogP contribution in [0.15, 0.2) is 75.6 Å². The Morgan fingerprint density at radius 3 is 2.09 bits per heavy atom. The number of hydrogen-bond acceptors (Lipinski definition) is 6. The molecular weight excluding hydrogens is 434 g/mol. The van der Waals surface area contributed by atoms with E-state index in [1.807, 2.05) is 42.5 Å². The molecule has 0 fully saturated rings. The van der Waals surface area contributed by atoms with Gasteiger partial charge in [-0.3, -0.25) is 25.3 Å². The molecule has 8 nitrogen and oxygen atoms in total. The Labute approximate surface area is 197 Å². The summed E-state index contributed by atoms with van der Waals surface area (Å²) in [6.45, 7) is 6.67. The highest BCUT2D eigenvalue weighted by Gasteiger charge is 2.16. The minimum atomic E-state index is -0.583. The second-order valence-corrected chi connectivity index (χ2v) is 7.70. The molecule has 176 valence electrons. The van der Waals surface area contributed by atoms with E-state index in [2.05, 4.69) is 29.6 Å². The van der Waals surface area contributed by atoms with Crippen LogP contribution in [0.25, 0.3) is 10.8 Å². The molecule has 0 bridgehead atoms. The van der Waals surface area contributed by atoms with Gasteiger partial charge in [0.25, 0.3) is 0 Å². The van der Waals surface area contributed by atoms with E-state index in [-0.39, 0.29) is 18.1 Å². The van der Waals surface area contributed by atoms with Crippen molar-refractivity contribution in [2.24, 2.45) is 0 Å². The average Bonchev–Trinajstić information content (AvgIpc) is 3.54.